The Morgan fingerprint density at radius 1 is 1.38 bits per heavy atom. The van der Waals surface area contributed by atoms with Gasteiger partial charge in [0.25, 0.3) is 0 Å². The molecule has 0 spiro atoms. The molecule has 0 radical (unpaired) electrons. The zero-order valence-electron chi connectivity index (χ0n) is 13.7. The van der Waals surface area contributed by atoms with Gasteiger partial charge in [-0.15, -0.1) is 0 Å². The fraction of sp³-hybridized carbons (Fsp3) is 0.471. The number of aliphatic hydroxyl groups excluding tert-OH is 1. The normalized spacial score (nSPS) is 15.6. The van der Waals surface area contributed by atoms with Crippen LogP contribution in [0.15, 0.2) is 29.3 Å². The molecule has 1 amide bonds. The quantitative estimate of drug-likeness (QED) is 0.591. The molecule has 1 heterocycles. The fourth-order valence-corrected chi connectivity index (χ4v) is 2.39. The molecule has 1 aromatic rings. The second-order valence-electron chi connectivity index (χ2n) is 5.50. The molecule has 0 bridgehead atoms. The minimum atomic E-state index is -0.771. The number of carbonyl (C=O) groups is 2. The summed E-state index contributed by atoms with van der Waals surface area (Å²) in [5.74, 6) is -0.113. The molecule has 1 unspecified atom stereocenters. The molecule has 1 aliphatic heterocycles. The van der Waals surface area contributed by atoms with Gasteiger partial charge in [0.05, 0.1) is 13.7 Å². The number of aliphatic hydroxyl groups is 1. The van der Waals surface area contributed by atoms with E-state index in [1.807, 2.05) is 0 Å². The van der Waals surface area contributed by atoms with Gasteiger partial charge in [-0.1, -0.05) is 12.1 Å². The fourth-order valence-electron chi connectivity index (χ4n) is 2.39. The van der Waals surface area contributed by atoms with Crippen molar-refractivity contribution in [2.45, 2.75) is 18.9 Å². The number of ether oxygens (including phenoxy) is 2. The molecular formula is C17H22N2O5. The van der Waals surface area contributed by atoms with Gasteiger partial charge in [-0.3, -0.25) is 9.79 Å². The van der Waals surface area contributed by atoms with E-state index in [2.05, 4.69) is 4.99 Å². The lowest BCUT2D eigenvalue weighted by Gasteiger charge is -2.23. The summed E-state index contributed by atoms with van der Waals surface area (Å²) in [6.45, 7) is 1.60. The molecule has 2 rings (SSSR count). The molecule has 0 saturated carbocycles. The predicted molar refractivity (Wildman–Crippen MR) is 88.5 cm³/mol. The number of amides is 1. The zero-order valence-corrected chi connectivity index (χ0v) is 13.7. The van der Waals surface area contributed by atoms with Gasteiger partial charge in [0.1, 0.15) is 24.0 Å². The van der Waals surface area contributed by atoms with Crippen LogP contribution >= 0.6 is 0 Å². The Balaban J connectivity index is 1.83. The number of aliphatic imine (C=N–C) groups is 1. The molecule has 1 aliphatic rings. The van der Waals surface area contributed by atoms with Crippen molar-refractivity contribution in [1.29, 1.82) is 0 Å². The minimum Gasteiger partial charge on any atom is -0.490 e. The highest BCUT2D eigenvalue weighted by molar-refractivity contribution is 5.92. The topological polar surface area (TPSA) is 88.4 Å². The Labute approximate surface area is 140 Å². The van der Waals surface area contributed by atoms with Crippen LogP contribution in [-0.2, 0) is 9.53 Å². The standard InChI is InChI=1S/C17H22N2O5/c1-23-17(22)15-4-2-3-5-16(15)24-11-14(21)10-18-13-6-8-19(12-20)9-7-13/h2-5,12,14,21H,6-11H2,1H3. The van der Waals surface area contributed by atoms with Crippen LogP contribution in [0.1, 0.15) is 23.2 Å². The van der Waals surface area contributed by atoms with Gasteiger partial charge in [0.2, 0.25) is 6.41 Å². The molecule has 1 aromatic carbocycles. The molecule has 1 atom stereocenters. The van der Waals surface area contributed by atoms with Crippen LogP contribution in [0, 0.1) is 0 Å². The van der Waals surface area contributed by atoms with Crippen molar-refractivity contribution >= 4 is 18.1 Å². The number of likely N-dealkylation sites (tertiary alicyclic amines) is 1. The first kappa shape index (κ1) is 17.9. The maximum Gasteiger partial charge on any atom is 0.341 e. The van der Waals surface area contributed by atoms with Gasteiger partial charge < -0.3 is 19.5 Å². The summed E-state index contributed by atoms with van der Waals surface area (Å²) >= 11 is 0. The van der Waals surface area contributed by atoms with Crippen molar-refractivity contribution in [3.05, 3.63) is 29.8 Å². The van der Waals surface area contributed by atoms with Crippen LogP contribution in [0.3, 0.4) is 0 Å². The number of methoxy groups -OCH3 is 1. The van der Waals surface area contributed by atoms with E-state index in [1.165, 1.54) is 7.11 Å². The van der Waals surface area contributed by atoms with Gasteiger partial charge in [-0.25, -0.2) is 4.79 Å². The lowest BCUT2D eigenvalue weighted by molar-refractivity contribution is -0.118. The van der Waals surface area contributed by atoms with Crippen molar-refractivity contribution in [2.75, 3.05) is 33.4 Å². The zero-order chi connectivity index (χ0) is 17.4. The third kappa shape index (κ3) is 5.06. The van der Waals surface area contributed by atoms with E-state index in [0.29, 0.717) is 24.4 Å². The molecule has 7 nitrogen and oxygen atoms in total. The van der Waals surface area contributed by atoms with Gasteiger partial charge >= 0.3 is 5.97 Å². The second kappa shape index (κ2) is 9.02. The van der Waals surface area contributed by atoms with E-state index in [4.69, 9.17) is 9.47 Å². The highest BCUT2D eigenvalue weighted by atomic mass is 16.5. The van der Waals surface area contributed by atoms with Gasteiger partial charge in [0, 0.05) is 31.6 Å². The summed E-state index contributed by atoms with van der Waals surface area (Å²) in [6.07, 6.45) is 1.54. The number of hydrogen-bond donors (Lipinski definition) is 1. The lowest BCUT2D eigenvalue weighted by Crippen LogP contribution is -2.33. The SMILES string of the molecule is COC(=O)c1ccccc1OCC(O)CN=C1CCN(C=O)CC1. The Hall–Kier alpha value is -2.41. The van der Waals surface area contributed by atoms with Crippen molar-refractivity contribution in [2.24, 2.45) is 4.99 Å². The highest BCUT2D eigenvalue weighted by Crippen LogP contribution is 2.19. The second-order valence-corrected chi connectivity index (χ2v) is 5.50. The summed E-state index contributed by atoms with van der Waals surface area (Å²) in [4.78, 5) is 28.4. The Kier molecular flexibility index (Phi) is 6.74. The summed E-state index contributed by atoms with van der Waals surface area (Å²) < 4.78 is 10.2. The average Bonchev–Trinajstić information content (AvgIpc) is 2.64. The average molecular weight is 334 g/mol. The number of benzene rings is 1. The van der Waals surface area contributed by atoms with Crippen LogP contribution in [0.2, 0.25) is 0 Å². The van der Waals surface area contributed by atoms with Gasteiger partial charge in [-0.2, -0.15) is 0 Å². The number of hydrogen-bond acceptors (Lipinski definition) is 6. The molecule has 7 heteroatoms. The molecule has 0 aromatic heterocycles. The van der Waals surface area contributed by atoms with Crippen LogP contribution < -0.4 is 4.74 Å². The van der Waals surface area contributed by atoms with E-state index in [-0.39, 0.29) is 13.2 Å². The molecule has 0 aliphatic carbocycles. The number of nitrogens with zero attached hydrogens (tertiary/aromatic N) is 2. The van der Waals surface area contributed by atoms with E-state index < -0.39 is 12.1 Å². The Bertz CT molecular complexity index is 592. The first-order valence-corrected chi connectivity index (χ1v) is 7.83. The number of esters is 1. The van der Waals surface area contributed by atoms with E-state index in [9.17, 15) is 14.7 Å². The van der Waals surface area contributed by atoms with Gasteiger partial charge in [-0.05, 0) is 12.1 Å². The van der Waals surface area contributed by atoms with Crippen molar-refractivity contribution in [3.8, 4) is 5.75 Å². The molecule has 1 fully saturated rings. The first-order chi connectivity index (χ1) is 11.6. The van der Waals surface area contributed by atoms with E-state index in [0.717, 1.165) is 25.0 Å². The largest absolute Gasteiger partial charge is 0.490 e. The van der Waals surface area contributed by atoms with Crippen molar-refractivity contribution in [3.63, 3.8) is 0 Å². The highest BCUT2D eigenvalue weighted by Gasteiger charge is 2.15. The predicted octanol–water partition coefficient (Wildman–Crippen LogP) is 0.906. The monoisotopic (exact) mass is 334 g/mol. The van der Waals surface area contributed by atoms with Crippen LogP contribution in [-0.4, -0.2) is 67.6 Å². The molecule has 130 valence electrons. The van der Waals surface area contributed by atoms with Crippen LogP contribution in [0.4, 0.5) is 0 Å². The molecule has 1 N–H and O–H groups in total. The third-order valence-electron chi connectivity index (χ3n) is 3.77. The Morgan fingerprint density at radius 3 is 2.75 bits per heavy atom. The summed E-state index contributed by atoms with van der Waals surface area (Å²) in [7, 11) is 1.31. The first-order valence-electron chi connectivity index (χ1n) is 7.83. The van der Waals surface area contributed by atoms with Gasteiger partial charge in [0.15, 0.2) is 0 Å². The number of piperidine rings is 1. The van der Waals surface area contributed by atoms with Crippen LogP contribution in [0.5, 0.6) is 5.75 Å². The molecular weight excluding hydrogens is 312 g/mol. The van der Waals surface area contributed by atoms with Crippen molar-refractivity contribution in [1.82, 2.24) is 4.90 Å². The Morgan fingerprint density at radius 2 is 2.08 bits per heavy atom. The van der Waals surface area contributed by atoms with E-state index >= 15 is 0 Å². The number of carbonyl (C=O) groups excluding carboxylic acids is 2. The summed E-state index contributed by atoms with van der Waals surface area (Å²) in [5.41, 5.74) is 1.32. The molecule has 1 saturated heterocycles. The maximum atomic E-state index is 11.6. The minimum absolute atomic E-state index is 0.0330. The lowest BCUT2D eigenvalue weighted by atomic mass is 10.1. The van der Waals surface area contributed by atoms with Crippen LogP contribution in [0.25, 0.3) is 0 Å². The summed E-state index contributed by atoms with van der Waals surface area (Å²) in [5, 5.41) is 10.0. The molecule has 24 heavy (non-hydrogen) atoms. The van der Waals surface area contributed by atoms with E-state index in [1.54, 1.807) is 29.2 Å². The third-order valence-corrected chi connectivity index (χ3v) is 3.77. The van der Waals surface area contributed by atoms with Crippen molar-refractivity contribution < 1.29 is 24.2 Å². The maximum absolute atomic E-state index is 11.6. The number of rotatable bonds is 7. The smallest absolute Gasteiger partial charge is 0.341 e. The summed E-state index contributed by atoms with van der Waals surface area (Å²) in [6, 6.07) is 6.72. The number of para-hydroxylation sites is 1.